The van der Waals surface area contributed by atoms with Gasteiger partial charge in [-0.25, -0.2) is 0 Å². The molecule has 3 saturated carbocycles. The van der Waals surface area contributed by atoms with Crippen molar-refractivity contribution in [1.82, 2.24) is 10.2 Å². The lowest BCUT2D eigenvalue weighted by Gasteiger charge is -2.59. The molecule has 3 aliphatic carbocycles. The number of rotatable bonds is 8. The smallest absolute Gasteiger partial charge is 0.00893 e. The molecule has 1 atom stereocenters. The first-order valence-corrected chi connectivity index (χ1v) is 14.5. The lowest BCUT2D eigenvalue weighted by Crippen LogP contribution is -2.52. The third kappa shape index (κ3) is 6.00. The van der Waals surface area contributed by atoms with Crippen LogP contribution >= 0.6 is 0 Å². The van der Waals surface area contributed by atoms with Crippen molar-refractivity contribution in [2.24, 2.45) is 39.7 Å². The molecule has 3 heteroatoms. The van der Waals surface area contributed by atoms with Crippen molar-refractivity contribution in [3.63, 3.8) is 0 Å². The first kappa shape index (κ1) is 27.5. The highest BCUT2D eigenvalue weighted by Gasteiger charge is 2.54. The Morgan fingerprint density at radius 2 is 1.18 bits per heavy atom. The molecular weight excluding hydrogens is 402 g/mol. The maximum absolute atomic E-state index is 6.30. The van der Waals surface area contributed by atoms with Crippen LogP contribution in [0.15, 0.2) is 0 Å². The van der Waals surface area contributed by atoms with Gasteiger partial charge in [0.25, 0.3) is 0 Å². The van der Waals surface area contributed by atoms with Crippen molar-refractivity contribution in [3.05, 3.63) is 0 Å². The number of nitrogens with one attached hydrogen (secondary N) is 1. The van der Waals surface area contributed by atoms with E-state index in [9.17, 15) is 0 Å². The van der Waals surface area contributed by atoms with Crippen molar-refractivity contribution in [1.29, 1.82) is 0 Å². The second-order valence-corrected chi connectivity index (χ2v) is 14.2. The minimum absolute atomic E-state index is 0.379. The van der Waals surface area contributed by atoms with E-state index in [-0.39, 0.29) is 0 Å². The summed E-state index contributed by atoms with van der Waals surface area (Å²) in [6.45, 7) is 13.3. The van der Waals surface area contributed by atoms with Gasteiger partial charge in [0.05, 0.1) is 0 Å². The van der Waals surface area contributed by atoms with Crippen LogP contribution in [0, 0.1) is 34.0 Å². The van der Waals surface area contributed by atoms with Gasteiger partial charge < -0.3 is 16.0 Å². The Balaban J connectivity index is 1.84. The summed E-state index contributed by atoms with van der Waals surface area (Å²) in [7, 11) is 6.72. The number of hydrogen-bond acceptors (Lipinski definition) is 3. The second kappa shape index (κ2) is 10.9. The molecule has 3 fully saturated rings. The fourth-order valence-corrected chi connectivity index (χ4v) is 8.69. The Labute approximate surface area is 207 Å². The molecule has 0 heterocycles. The fraction of sp³-hybridized carbons (Fsp3) is 1.00. The highest BCUT2D eigenvalue weighted by atomic mass is 15.1. The molecule has 0 spiro atoms. The molecule has 3 rings (SSSR count). The van der Waals surface area contributed by atoms with E-state index in [1.54, 1.807) is 0 Å². The molecule has 3 N–H and O–H groups in total. The number of hydrogen-bond donors (Lipinski definition) is 2. The summed E-state index contributed by atoms with van der Waals surface area (Å²) in [6, 6.07) is 1.97. The highest BCUT2D eigenvalue weighted by Crippen LogP contribution is 2.62. The van der Waals surface area contributed by atoms with Crippen molar-refractivity contribution in [2.45, 2.75) is 136 Å². The topological polar surface area (TPSA) is 41.3 Å². The third-order valence-corrected chi connectivity index (χ3v) is 11.7. The summed E-state index contributed by atoms with van der Waals surface area (Å²) in [5.41, 5.74) is 7.47. The van der Waals surface area contributed by atoms with E-state index in [4.69, 9.17) is 5.73 Å². The van der Waals surface area contributed by atoms with E-state index in [0.29, 0.717) is 22.3 Å². The van der Waals surface area contributed by atoms with Gasteiger partial charge in [-0.1, -0.05) is 34.6 Å². The van der Waals surface area contributed by atoms with Gasteiger partial charge in [0.2, 0.25) is 0 Å². The monoisotopic (exact) mass is 461 g/mol. The minimum Gasteiger partial charge on any atom is -0.328 e. The largest absolute Gasteiger partial charge is 0.328 e. The van der Waals surface area contributed by atoms with E-state index in [2.05, 4.69) is 66.0 Å². The van der Waals surface area contributed by atoms with Gasteiger partial charge in [-0.15, -0.1) is 0 Å². The van der Waals surface area contributed by atoms with Crippen LogP contribution in [0.25, 0.3) is 0 Å². The summed E-state index contributed by atoms with van der Waals surface area (Å²) in [6.07, 6.45) is 17.7. The van der Waals surface area contributed by atoms with Crippen LogP contribution in [0.1, 0.15) is 118 Å². The molecule has 0 aliphatic heterocycles. The molecule has 0 aromatic rings. The molecule has 3 nitrogen and oxygen atoms in total. The van der Waals surface area contributed by atoms with Crippen molar-refractivity contribution in [2.75, 3.05) is 21.1 Å². The van der Waals surface area contributed by atoms with Crippen LogP contribution in [0.5, 0.6) is 0 Å². The molecule has 0 amide bonds. The lowest BCUT2D eigenvalue weighted by molar-refractivity contribution is -0.0953. The van der Waals surface area contributed by atoms with Crippen LogP contribution in [-0.2, 0) is 0 Å². The van der Waals surface area contributed by atoms with Gasteiger partial charge in [0, 0.05) is 18.1 Å². The van der Waals surface area contributed by atoms with Crippen LogP contribution in [0.2, 0.25) is 0 Å². The first-order valence-electron chi connectivity index (χ1n) is 14.5. The van der Waals surface area contributed by atoms with Crippen LogP contribution in [0.3, 0.4) is 0 Å². The summed E-state index contributed by atoms with van der Waals surface area (Å²) < 4.78 is 0. The van der Waals surface area contributed by atoms with E-state index >= 15 is 0 Å². The van der Waals surface area contributed by atoms with Gasteiger partial charge in [-0.3, -0.25) is 0 Å². The van der Waals surface area contributed by atoms with E-state index in [1.807, 2.05) is 0 Å². The van der Waals surface area contributed by atoms with Crippen molar-refractivity contribution < 1.29 is 0 Å². The summed E-state index contributed by atoms with van der Waals surface area (Å²) in [4.78, 5) is 2.48. The van der Waals surface area contributed by atoms with Crippen molar-refractivity contribution in [3.8, 4) is 0 Å². The summed E-state index contributed by atoms with van der Waals surface area (Å²) in [5.74, 6) is 2.55. The molecule has 1 unspecified atom stereocenters. The molecule has 33 heavy (non-hydrogen) atoms. The zero-order valence-corrected chi connectivity index (χ0v) is 23.7. The van der Waals surface area contributed by atoms with Crippen LogP contribution in [-0.4, -0.2) is 44.2 Å². The predicted octanol–water partition coefficient (Wildman–Crippen LogP) is 6.85. The Kier molecular flexibility index (Phi) is 9.05. The maximum Gasteiger partial charge on any atom is 0.00893 e. The number of nitrogens with zero attached hydrogens (tertiary/aromatic N) is 1. The molecule has 3 aliphatic rings. The average molecular weight is 462 g/mol. The van der Waals surface area contributed by atoms with E-state index in [1.165, 1.54) is 83.5 Å². The highest BCUT2D eigenvalue weighted by molar-refractivity contribution is 5.04. The molecule has 0 aromatic carbocycles. The quantitative estimate of drug-likeness (QED) is 0.415. The maximum atomic E-state index is 6.30. The molecule has 0 radical (unpaired) electrons. The predicted molar refractivity (Wildman–Crippen MR) is 144 cm³/mol. The summed E-state index contributed by atoms with van der Waals surface area (Å²) in [5, 5.41) is 3.56. The van der Waals surface area contributed by atoms with Gasteiger partial charge in [0.15, 0.2) is 0 Å². The molecule has 0 aromatic heterocycles. The van der Waals surface area contributed by atoms with Gasteiger partial charge in [0.1, 0.15) is 0 Å². The fourth-order valence-electron chi connectivity index (χ4n) is 8.69. The number of nitrogens with two attached hydrogens (primary N) is 1. The second-order valence-electron chi connectivity index (χ2n) is 14.2. The van der Waals surface area contributed by atoms with Gasteiger partial charge in [-0.05, 0) is 139 Å². The van der Waals surface area contributed by atoms with E-state index in [0.717, 1.165) is 29.8 Å². The standard InChI is InChI=1S/C30H59N3/c1-28(2,22-9-15-25(31)16-10-22)21-30(5,24-13-19-27(20-14-24)33(7)8)29(3,4)23-11-17-26(32-6)18-12-23/h22-27,32H,9-21,31H2,1-8H3/t22-,23?,24?,25-,26?,27?,30?. The first-order chi connectivity index (χ1) is 15.4. The Hall–Kier alpha value is -0.120. The SMILES string of the molecule is CNC1CCC(C(C)(C)C(C)(CC(C)(C)[C@H]2CC[C@H](N)CC2)C2CCC(N(C)C)CC2)CC1. The normalized spacial score (nSPS) is 36.5. The van der Waals surface area contributed by atoms with Crippen LogP contribution in [0.4, 0.5) is 0 Å². The van der Waals surface area contributed by atoms with Gasteiger partial charge >= 0.3 is 0 Å². The molecule has 0 bridgehead atoms. The Morgan fingerprint density at radius 3 is 1.67 bits per heavy atom. The Bertz CT molecular complexity index is 588. The Morgan fingerprint density at radius 1 is 0.697 bits per heavy atom. The molecule has 194 valence electrons. The van der Waals surface area contributed by atoms with Crippen LogP contribution < -0.4 is 11.1 Å². The van der Waals surface area contributed by atoms with Gasteiger partial charge in [-0.2, -0.15) is 0 Å². The van der Waals surface area contributed by atoms with E-state index < -0.39 is 0 Å². The average Bonchev–Trinajstić information content (AvgIpc) is 2.79. The third-order valence-electron chi connectivity index (χ3n) is 11.7. The summed E-state index contributed by atoms with van der Waals surface area (Å²) >= 11 is 0. The zero-order chi connectivity index (χ0) is 24.4. The van der Waals surface area contributed by atoms with Crippen molar-refractivity contribution >= 4 is 0 Å². The minimum atomic E-state index is 0.379. The molecule has 0 saturated heterocycles. The lowest BCUT2D eigenvalue weighted by atomic mass is 9.46. The zero-order valence-electron chi connectivity index (χ0n) is 23.7. The molecular formula is C30H59N3.